The van der Waals surface area contributed by atoms with Crippen molar-refractivity contribution >= 4 is 37.6 Å². The van der Waals surface area contributed by atoms with Crippen molar-refractivity contribution in [2.24, 2.45) is 10.2 Å². The van der Waals surface area contributed by atoms with Crippen LogP contribution in [0.3, 0.4) is 0 Å². The number of carboxylic acid groups (broad SMARTS) is 1. The number of carboxylic acids is 1. The van der Waals surface area contributed by atoms with Gasteiger partial charge in [0.05, 0.1) is 46.4 Å². The Hall–Kier alpha value is -5.05. The highest BCUT2D eigenvalue weighted by Crippen LogP contribution is 2.36. The molecule has 0 aliphatic rings. The number of methoxy groups -OCH3 is 4. The molecule has 0 bridgehead atoms. The number of benzene rings is 3. The summed E-state index contributed by atoms with van der Waals surface area (Å²) in [4.78, 5) is 37.5. The molecule has 3 aromatic rings. The van der Waals surface area contributed by atoms with E-state index in [9.17, 15) is 36.3 Å². The molecule has 0 saturated heterocycles. The molecule has 248 valence electrons. The molecule has 0 spiro atoms. The van der Waals surface area contributed by atoms with Crippen molar-refractivity contribution in [2.75, 3.05) is 51.7 Å². The highest BCUT2D eigenvalue weighted by atomic mass is 32.3. The number of aromatic carboxylic acids is 1. The number of nitrogens with zero attached hydrogens (tertiary/aromatic N) is 2. The van der Waals surface area contributed by atoms with E-state index in [1.165, 1.54) is 27.4 Å². The van der Waals surface area contributed by atoms with E-state index in [-0.39, 0.29) is 28.6 Å². The number of ether oxygens (including phenoxy) is 4. The number of sulfone groups is 1. The van der Waals surface area contributed by atoms with E-state index in [0.29, 0.717) is 17.4 Å². The van der Waals surface area contributed by atoms with Gasteiger partial charge in [-0.25, -0.2) is 17.4 Å². The third kappa shape index (κ3) is 8.15. The third-order valence-electron chi connectivity index (χ3n) is 6.12. The minimum Gasteiger partial charge on any atom is -0.496 e. The summed E-state index contributed by atoms with van der Waals surface area (Å²) in [6.07, 6.45) is 0. The maximum absolute atomic E-state index is 13.3. The number of hydrogen-bond acceptors (Lipinski definition) is 16. The normalized spacial score (nSPS) is 12.5. The van der Waals surface area contributed by atoms with Crippen LogP contribution >= 0.6 is 0 Å². The van der Waals surface area contributed by atoms with Crippen molar-refractivity contribution in [1.82, 2.24) is 0 Å². The van der Waals surface area contributed by atoms with Crippen molar-refractivity contribution in [2.45, 2.75) is 11.8 Å². The lowest BCUT2D eigenvalue weighted by Gasteiger charge is -2.14. The van der Waals surface area contributed by atoms with Crippen LogP contribution in [0.2, 0.25) is 0 Å². The number of hydrogen-bond donors (Lipinski definition) is 4. The molecule has 0 aromatic heterocycles. The monoisotopic (exact) mass is 684 g/mol. The Morgan fingerprint density at radius 1 is 0.783 bits per heavy atom. The Labute approximate surface area is 261 Å². The van der Waals surface area contributed by atoms with Crippen LogP contribution in [0.1, 0.15) is 15.9 Å². The van der Waals surface area contributed by atoms with Crippen LogP contribution in [-0.2, 0) is 24.4 Å². The third-order valence-corrected chi connectivity index (χ3v) is 8.28. The van der Waals surface area contributed by atoms with Gasteiger partial charge in [0, 0.05) is 24.3 Å². The first-order valence-corrected chi connectivity index (χ1v) is 15.6. The van der Waals surface area contributed by atoms with Gasteiger partial charge in [0.15, 0.2) is 15.2 Å². The number of carbonyl (C=O) groups is 1. The van der Waals surface area contributed by atoms with Crippen LogP contribution in [0.25, 0.3) is 0 Å². The molecule has 20 heteroatoms. The fraction of sp³-hybridized carbons (Fsp3) is 0.269. The van der Waals surface area contributed by atoms with E-state index >= 15 is 0 Å². The molecule has 3 aromatic carbocycles. The number of nitrogens with one attached hydrogen (secondary N) is 2. The molecule has 0 saturated carbocycles. The fourth-order valence-electron chi connectivity index (χ4n) is 3.92. The second-order valence-electron chi connectivity index (χ2n) is 9.00. The van der Waals surface area contributed by atoms with Crippen molar-refractivity contribution < 1.29 is 54.4 Å². The van der Waals surface area contributed by atoms with Gasteiger partial charge in [-0.3, -0.25) is 25.0 Å². The summed E-state index contributed by atoms with van der Waals surface area (Å²) < 4.78 is 80.9. The molecule has 0 fully saturated rings. The van der Waals surface area contributed by atoms with Crippen LogP contribution in [0.15, 0.2) is 55.0 Å². The van der Waals surface area contributed by atoms with Gasteiger partial charge < -0.3 is 24.1 Å². The van der Waals surface area contributed by atoms with Gasteiger partial charge in [-0.2, -0.15) is 18.6 Å². The summed E-state index contributed by atoms with van der Waals surface area (Å²) in [5, 5.41) is 15.9. The minimum atomic E-state index is -4.89. The van der Waals surface area contributed by atoms with Crippen molar-refractivity contribution in [3.8, 4) is 23.0 Å². The summed E-state index contributed by atoms with van der Waals surface area (Å²) in [6.45, 7) is 0.855. The number of rotatable bonds is 14. The number of aryl methyl sites for hydroxylation is 1. The Bertz CT molecular complexity index is 2110. The standard InChI is InChI=1S/C26H28N4O14S2/c1-13-8-19(41-3)15(10-18(13)40-2)27-29-23-14(26(33)34)9-17(31)24(25(23)32)30-28-16-11-21(43-5)22(12-20(16)42-4)45(35,36)7-6-44-46(37,38)39/h8-12,27-28H,6-7H2,1-5H3,(H,33,34)(H,37,38,39). The summed E-state index contributed by atoms with van der Waals surface area (Å²) >= 11 is 0. The zero-order valence-electron chi connectivity index (χ0n) is 24.8. The second-order valence-corrected chi connectivity index (χ2v) is 12.2. The first-order valence-electron chi connectivity index (χ1n) is 12.6. The van der Waals surface area contributed by atoms with Gasteiger partial charge in [0.2, 0.25) is 10.9 Å². The largest absolute Gasteiger partial charge is 0.496 e. The predicted octanol–water partition coefficient (Wildman–Crippen LogP) is -0.228. The molecule has 0 radical (unpaired) electrons. The summed E-state index contributed by atoms with van der Waals surface area (Å²) in [6, 6.07) is 5.87. The van der Waals surface area contributed by atoms with Gasteiger partial charge in [-0.05, 0) is 18.6 Å². The predicted molar refractivity (Wildman–Crippen MR) is 160 cm³/mol. The lowest BCUT2D eigenvalue weighted by atomic mass is 10.2. The van der Waals surface area contributed by atoms with Crippen LogP contribution in [0.5, 0.6) is 23.0 Å². The molecule has 46 heavy (non-hydrogen) atoms. The van der Waals surface area contributed by atoms with E-state index in [2.05, 4.69) is 25.2 Å². The smallest absolute Gasteiger partial charge is 0.397 e. The summed E-state index contributed by atoms with van der Waals surface area (Å²) in [5.74, 6) is -2.22. The molecule has 0 aliphatic heterocycles. The van der Waals surface area contributed by atoms with Crippen molar-refractivity contribution in [3.05, 3.63) is 72.6 Å². The molecule has 0 unspecified atom stereocenters. The van der Waals surface area contributed by atoms with Gasteiger partial charge in [0.1, 0.15) is 44.6 Å². The van der Waals surface area contributed by atoms with Crippen LogP contribution in [0.4, 0.5) is 11.4 Å². The van der Waals surface area contributed by atoms with Crippen molar-refractivity contribution in [3.63, 3.8) is 0 Å². The maximum atomic E-state index is 13.3. The topological polar surface area (TPSA) is 255 Å². The molecule has 0 amide bonds. The first kappa shape index (κ1) is 35.4. The zero-order chi connectivity index (χ0) is 34.4. The highest BCUT2D eigenvalue weighted by molar-refractivity contribution is 7.91. The molecule has 0 aliphatic carbocycles. The lowest BCUT2D eigenvalue weighted by Crippen LogP contribution is -2.50. The van der Waals surface area contributed by atoms with E-state index in [4.69, 9.17) is 23.5 Å². The van der Waals surface area contributed by atoms with E-state index in [1.54, 1.807) is 13.0 Å². The van der Waals surface area contributed by atoms with Gasteiger partial charge in [-0.1, -0.05) is 0 Å². The fourth-order valence-corrected chi connectivity index (χ4v) is 5.58. The van der Waals surface area contributed by atoms with E-state index in [0.717, 1.165) is 19.2 Å². The molecule has 0 heterocycles. The Morgan fingerprint density at radius 2 is 1.30 bits per heavy atom. The van der Waals surface area contributed by atoms with E-state index in [1.807, 2.05) is 0 Å². The Kier molecular flexibility index (Phi) is 11.1. The van der Waals surface area contributed by atoms with Gasteiger partial charge in [0.25, 0.3) is 0 Å². The average Bonchev–Trinajstić information content (AvgIpc) is 2.99. The minimum absolute atomic E-state index is 0.0957. The van der Waals surface area contributed by atoms with Crippen LogP contribution < -0.4 is 51.4 Å². The summed E-state index contributed by atoms with van der Waals surface area (Å²) in [5.41, 5.74) is 2.83. The Balaban J connectivity index is 2.12. The van der Waals surface area contributed by atoms with Crippen molar-refractivity contribution in [1.29, 1.82) is 0 Å². The average molecular weight is 685 g/mol. The van der Waals surface area contributed by atoms with Gasteiger partial charge in [-0.15, -0.1) is 0 Å². The number of anilines is 2. The van der Waals surface area contributed by atoms with Gasteiger partial charge >= 0.3 is 16.4 Å². The SMILES string of the molecule is COc1cc(NN=c2c(C(=O)O)cc(=O)c(=NNc3cc(OC)c(S(=O)(=O)CCOS(=O)(=O)O)cc3OC)c2=O)c(OC)cc1C. The van der Waals surface area contributed by atoms with Crippen LogP contribution in [0, 0.1) is 6.92 Å². The summed E-state index contributed by atoms with van der Waals surface area (Å²) in [7, 11) is -4.05. The molecule has 0 atom stereocenters. The molecule has 3 rings (SSSR count). The molecule has 18 nitrogen and oxygen atoms in total. The lowest BCUT2D eigenvalue weighted by molar-refractivity contribution is 0.0694. The molecule has 4 N–H and O–H groups in total. The molecular formula is C26H28N4O14S2. The zero-order valence-corrected chi connectivity index (χ0v) is 26.4. The highest BCUT2D eigenvalue weighted by Gasteiger charge is 2.24. The maximum Gasteiger partial charge on any atom is 0.397 e. The Morgan fingerprint density at radius 3 is 1.83 bits per heavy atom. The first-order chi connectivity index (χ1) is 21.6. The molecular weight excluding hydrogens is 656 g/mol. The quantitative estimate of drug-likeness (QED) is 0.126. The van der Waals surface area contributed by atoms with Crippen LogP contribution in [-0.4, -0.2) is 73.3 Å². The second kappa shape index (κ2) is 14.4. The van der Waals surface area contributed by atoms with E-state index < -0.39 is 70.6 Å².